The predicted octanol–water partition coefficient (Wildman–Crippen LogP) is 3.53. The molecule has 0 N–H and O–H groups in total. The molecule has 0 saturated carbocycles. The van der Waals surface area contributed by atoms with Crippen molar-refractivity contribution < 1.29 is 9.53 Å². The maximum absolute atomic E-state index is 12.7. The predicted molar refractivity (Wildman–Crippen MR) is 85.9 cm³/mol. The van der Waals surface area contributed by atoms with Crippen molar-refractivity contribution in [1.82, 2.24) is 4.90 Å². The Bertz CT molecular complexity index is 594. The van der Waals surface area contributed by atoms with E-state index in [-0.39, 0.29) is 18.1 Å². The third-order valence-corrected chi connectivity index (χ3v) is 5.40. The molecule has 3 rings (SSSR count). The highest BCUT2D eigenvalue weighted by Gasteiger charge is 2.30. The number of ether oxygens (including phenoxy) is 1. The Balaban J connectivity index is 1.86. The van der Waals surface area contributed by atoms with Crippen molar-refractivity contribution in [2.75, 3.05) is 18.5 Å². The van der Waals surface area contributed by atoms with Gasteiger partial charge in [0.2, 0.25) is 0 Å². The van der Waals surface area contributed by atoms with Crippen molar-refractivity contribution in [3.05, 3.63) is 35.2 Å². The summed E-state index contributed by atoms with van der Waals surface area (Å²) in [7, 11) is 0. The second kappa shape index (κ2) is 5.84. The molecule has 0 spiro atoms. The molecule has 1 fully saturated rings. The lowest BCUT2D eigenvalue weighted by Crippen LogP contribution is -2.51. The minimum Gasteiger partial charge on any atom is -0.373 e. The van der Waals surface area contributed by atoms with Gasteiger partial charge in [-0.1, -0.05) is 34.1 Å². The number of hydrogen-bond donors (Lipinski definition) is 0. The van der Waals surface area contributed by atoms with Crippen LogP contribution in [0.4, 0.5) is 0 Å². The van der Waals surface area contributed by atoms with Gasteiger partial charge in [-0.05, 0) is 24.4 Å². The van der Waals surface area contributed by atoms with Crippen molar-refractivity contribution in [3.63, 3.8) is 0 Å². The van der Waals surface area contributed by atoms with Crippen LogP contribution in [0.3, 0.4) is 0 Å². The summed E-state index contributed by atoms with van der Waals surface area (Å²) in [6.45, 7) is 3.29. The molecular weight excluding hydrogens is 338 g/mol. The SMILES string of the molecule is CC1COC(CBr)CN1C(=O)c1cc2ccccc2s1. The Labute approximate surface area is 130 Å². The number of morpholine rings is 1. The summed E-state index contributed by atoms with van der Waals surface area (Å²) in [6, 6.07) is 10.2. The van der Waals surface area contributed by atoms with Gasteiger partial charge < -0.3 is 9.64 Å². The number of rotatable bonds is 2. The highest BCUT2D eigenvalue weighted by molar-refractivity contribution is 9.09. The summed E-state index contributed by atoms with van der Waals surface area (Å²) >= 11 is 5.00. The van der Waals surface area contributed by atoms with E-state index in [1.165, 1.54) is 0 Å². The second-order valence-corrected chi connectivity index (χ2v) is 6.80. The first kappa shape index (κ1) is 14.0. The lowest BCUT2D eigenvalue weighted by atomic mass is 10.2. The maximum atomic E-state index is 12.7. The van der Waals surface area contributed by atoms with Gasteiger partial charge in [0.1, 0.15) is 0 Å². The first-order chi connectivity index (χ1) is 9.69. The van der Waals surface area contributed by atoms with E-state index in [0.29, 0.717) is 13.2 Å². The van der Waals surface area contributed by atoms with Crippen LogP contribution in [-0.4, -0.2) is 41.4 Å². The number of alkyl halides is 1. The molecule has 2 heterocycles. The van der Waals surface area contributed by atoms with Crippen LogP contribution >= 0.6 is 27.3 Å². The number of halogens is 1. The average Bonchev–Trinajstić information content (AvgIpc) is 2.91. The van der Waals surface area contributed by atoms with Crippen LogP contribution in [0.5, 0.6) is 0 Å². The first-order valence-corrected chi connectivity index (χ1v) is 8.60. The minimum absolute atomic E-state index is 0.0875. The first-order valence-electron chi connectivity index (χ1n) is 6.66. The molecule has 1 aliphatic heterocycles. The Morgan fingerprint density at radius 2 is 2.30 bits per heavy atom. The highest BCUT2D eigenvalue weighted by Crippen LogP contribution is 2.27. The van der Waals surface area contributed by atoms with Gasteiger partial charge in [0, 0.05) is 16.6 Å². The van der Waals surface area contributed by atoms with E-state index in [1.54, 1.807) is 11.3 Å². The van der Waals surface area contributed by atoms with Gasteiger partial charge in [-0.15, -0.1) is 11.3 Å². The molecule has 0 bridgehead atoms. The molecular formula is C15H16BrNO2S. The molecule has 2 aromatic rings. The Morgan fingerprint density at radius 1 is 1.50 bits per heavy atom. The monoisotopic (exact) mass is 353 g/mol. The second-order valence-electron chi connectivity index (χ2n) is 5.06. The molecule has 3 nitrogen and oxygen atoms in total. The summed E-state index contributed by atoms with van der Waals surface area (Å²) in [6.07, 6.45) is 0.0875. The van der Waals surface area contributed by atoms with E-state index < -0.39 is 0 Å². The zero-order valence-corrected chi connectivity index (χ0v) is 13.6. The zero-order chi connectivity index (χ0) is 14.1. The molecule has 1 aromatic heterocycles. The molecule has 0 aliphatic carbocycles. The van der Waals surface area contributed by atoms with Gasteiger partial charge >= 0.3 is 0 Å². The number of amides is 1. The smallest absolute Gasteiger partial charge is 0.264 e. The number of carbonyl (C=O) groups is 1. The zero-order valence-electron chi connectivity index (χ0n) is 11.2. The van der Waals surface area contributed by atoms with Crippen LogP contribution in [0.1, 0.15) is 16.6 Å². The number of thiophene rings is 1. The number of carbonyl (C=O) groups excluding carboxylic acids is 1. The van der Waals surface area contributed by atoms with Crippen molar-refractivity contribution >= 4 is 43.3 Å². The largest absolute Gasteiger partial charge is 0.373 e. The Morgan fingerprint density at radius 3 is 3.05 bits per heavy atom. The van der Waals surface area contributed by atoms with Gasteiger partial charge in [0.05, 0.1) is 23.6 Å². The normalized spacial score (nSPS) is 23.2. The molecule has 0 radical (unpaired) electrons. The highest BCUT2D eigenvalue weighted by atomic mass is 79.9. The summed E-state index contributed by atoms with van der Waals surface area (Å²) < 4.78 is 6.84. The number of nitrogens with zero attached hydrogens (tertiary/aromatic N) is 1. The van der Waals surface area contributed by atoms with Crippen molar-refractivity contribution in [2.24, 2.45) is 0 Å². The van der Waals surface area contributed by atoms with E-state index in [2.05, 4.69) is 22.0 Å². The topological polar surface area (TPSA) is 29.5 Å². The van der Waals surface area contributed by atoms with E-state index in [4.69, 9.17) is 4.74 Å². The molecule has 1 aliphatic rings. The average molecular weight is 354 g/mol. The summed E-state index contributed by atoms with van der Waals surface area (Å²) in [5.74, 6) is 0.118. The summed E-state index contributed by atoms with van der Waals surface area (Å²) in [5, 5.41) is 1.90. The van der Waals surface area contributed by atoms with Gasteiger partial charge in [0.25, 0.3) is 5.91 Å². The summed E-state index contributed by atoms with van der Waals surface area (Å²) in [4.78, 5) is 15.5. The molecule has 5 heteroatoms. The number of fused-ring (bicyclic) bond motifs is 1. The van der Waals surface area contributed by atoms with E-state index in [1.807, 2.05) is 36.1 Å². The minimum atomic E-state index is 0.0875. The fourth-order valence-electron chi connectivity index (χ4n) is 2.42. The molecule has 1 aromatic carbocycles. The van der Waals surface area contributed by atoms with Crippen LogP contribution in [-0.2, 0) is 4.74 Å². The Hall–Kier alpha value is -0.910. The van der Waals surface area contributed by atoms with Gasteiger partial charge in [-0.3, -0.25) is 4.79 Å². The lowest BCUT2D eigenvalue weighted by Gasteiger charge is -2.37. The Kier molecular flexibility index (Phi) is 4.10. The van der Waals surface area contributed by atoms with Crippen molar-refractivity contribution in [1.29, 1.82) is 0 Å². The summed E-state index contributed by atoms with van der Waals surface area (Å²) in [5.41, 5.74) is 0. The number of hydrogen-bond acceptors (Lipinski definition) is 3. The van der Waals surface area contributed by atoms with E-state index >= 15 is 0 Å². The third-order valence-electron chi connectivity index (χ3n) is 3.57. The molecule has 1 amide bonds. The van der Waals surface area contributed by atoms with Crippen molar-refractivity contribution in [3.8, 4) is 0 Å². The fraction of sp³-hybridized carbons (Fsp3) is 0.400. The van der Waals surface area contributed by atoms with Crippen LogP contribution in [0.2, 0.25) is 0 Å². The quantitative estimate of drug-likeness (QED) is 0.773. The molecule has 2 atom stereocenters. The maximum Gasteiger partial charge on any atom is 0.264 e. The molecule has 1 saturated heterocycles. The van der Waals surface area contributed by atoms with Gasteiger partial charge in [-0.2, -0.15) is 0 Å². The van der Waals surface area contributed by atoms with Gasteiger partial charge in [0.15, 0.2) is 0 Å². The van der Waals surface area contributed by atoms with Crippen LogP contribution < -0.4 is 0 Å². The van der Waals surface area contributed by atoms with E-state index in [0.717, 1.165) is 20.3 Å². The van der Waals surface area contributed by atoms with Crippen LogP contribution in [0, 0.1) is 0 Å². The molecule has 2 unspecified atom stereocenters. The van der Waals surface area contributed by atoms with Crippen LogP contribution in [0.25, 0.3) is 10.1 Å². The fourth-order valence-corrected chi connectivity index (χ4v) is 3.83. The van der Waals surface area contributed by atoms with E-state index in [9.17, 15) is 4.79 Å². The standard InChI is InChI=1S/C15H16BrNO2S/c1-10-9-19-12(7-16)8-17(10)15(18)14-6-11-4-2-3-5-13(11)20-14/h2-6,10,12H,7-9H2,1H3. The third kappa shape index (κ3) is 2.62. The number of benzene rings is 1. The van der Waals surface area contributed by atoms with Crippen molar-refractivity contribution in [2.45, 2.75) is 19.1 Å². The van der Waals surface area contributed by atoms with Gasteiger partial charge in [-0.25, -0.2) is 0 Å². The van der Waals surface area contributed by atoms with Crippen LogP contribution in [0.15, 0.2) is 30.3 Å². The lowest BCUT2D eigenvalue weighted by molar-refractivity contribution is -0.0359. The molecule has 20 heavy (non-hydrogen) atoms. The molecule has 106 valence electrons.